The minimum atomic E-state index is -0.325. The van der Waals surface area contributed by atoms with E-state index in [0.29, 0.717) is 11.1 Å². The van der Waals surface area contributed by atoms with Gasteiger partial charge in [0.25, 0.3) is 0 Å². The molecular weight excluding hydrogens is 300 g/mol. The summed E-state index contributed by atoms with van der Waals surface area (Å²) < 4.78 is 15.6. The summed E-state index contributed by atoms with van der Waals surface area (Å²) in [6.07, 6.45) is 1.24. The molecule has 6 heteroatoms. The molecule has 3 rings (SSSR count). The summed E-state index contributed by atoms with van der Waals surface area (Å²) in [5, 5.41) is 20.1. The molecule has 2 aromatic carbocycles. The first kappa shape index (κ1) is 14.8. The lowest BCUT2D eigenvalue weighted by molar-refractivity contribution is 0.333. The van der Waals surface area contributed by atoms with Gasteiger partial charge in [-0.05, 0) is 24.3 Å². The van der Waals surface area contributed by atoms with E-state index in [2.05, 4.69) is 0 Å². The van der Waals surface area contributed by atoms with Crippen molar-refractivity contribution in [2.75, 3.05) is 14.2 Å². The van der Waals surface area contributed by atoms with Crippen LogP contribution in [0.2, 0.25) is 0 Å². The van der Waals surface area contributed by atoms with Crippen LogP contribution in [0.1, 0.15) is 0 Å². The molecule has 118 valence electrons. The van der Waals surface area contributed by atoms with Gasteiger partial charge in [0, 0.05) is 11.6 Å². The van der Waals surface area contributed by atoms with Gasteiger partial charge in [0.2, 0.25) is 11.2 Å². The van der Waals surface area contributed by atoms with Crippen LogP contribution in [0.5, 0.6) is 23.0 Å². The van der Waals surface area contributed by atoms with Crippen LogP contribution in [0.25, 0.3) is 22.1 Å². The van der Waals surface area contributed by atoms with Gasteiger partial charge in [0.15, 0.2) is 11.5 Å². The zero-order chi connectivity index (χ0) is 16.6. The smallest absolute Gasteiger partial charge is 0.203 e. The summed E-state index contributed by atoms with van der Waals surface area (Å²) in [5.74, 6) is 0.277. The molecule has 0 saturated carbocycles. The van der Waals surface area contributed by atoms with Gasteiger partial charge in [-0.2, -0.15) is 0 Å². The summed E-state index contributed by atoms with van der Waals surface area (Å²) in [4.78, 5) is 12.6. The van der Waals surface area contributed by atoms with Crippen LogP contribution in [0, 0.1) is 0 Å². The normalized spacial score (nSPS) is 10.7. The molecule has 0 bridgehead atoms. The number of methoxy groups -OCH3 is 2. The number of ether oxygens (including phenoxy) is 2. The van der Waals surface area contributed by atoms with Crippen molar-refractivity contribution in [1.29, 1.82) is 0 Å². The highest BCUT2D eigenvalue weighted by atomic mass is 16.5. The summed E-state index contributed by atoms with van der Waals surface area (Å²) in [5.41, 5.74) is 0.389. The van der Waals surface area contributed by atoms with Crippen molar-refractivity contribution in [3.63, 3.8) is 0 Å². The van der Waals surface area contributed by atoms with E-state index in [1.165, 1.54) is 38.7 Å². The predicted molar refractivity (Wildman–Crippen MR) is 84.4 cm³/mol. The molecule has 3 aromatic rings. The molecule has 0 aliphatic carbocycles. The van der Waals surface area contributed by atoms with Crippen LogP contribution in [0.3, 0.4) is 0 Å². The maximum Gasteiger partial charge on any atom is 0.203 e. The minimum Gasteiger partial charge on any atom is -0.508 e. The number of phenolic OH excluding ortho intramolecular Hbond substituents is 2. The number of rotatable bonds is 3. The Morgan fingerprint density at radius 2 is 1.78 bits per heavy atom. The third kappa shape index (κ3) is 2.34. The maximum atomic E-state index is 12.6. The van der Waals surface area contributed by atoms with E-state index in [4.69, 9.17) is 13.9 Å². The summed E-state index contributed by atoms with van der Waals surface area (Å²) in [6, 6.07) is 7.37. The molecule has 0 aliphatic heterocycles. The molecule has 1 aromatic heterocycles. The topological polar surface area (TPSA) is 89.1 Å². The molecule has 0 amide bonds. The van der Waals surface area contributed by atoms with Crippen molar-refractivity contribution >= 4 is 11.0 Å². The largest absolute Gasteiger partial charge is 0.508 e. The Bertz CT molecular complexity index is 942. The zero-order valence-electron chi connectivity index (χ0n) is 12.5. The van der Waals surface area contributed by atoms with E-state index in [0.717, 1.165) is 0 Å². The molecule has 0 radical (unpaired) electrons. The monoisotopic (exact) mass is 314 g/mol. The second-order valence-electron chi connectivity index (χ2n) is 4.86. The van der Waals surface area contributed by atoms with E-state index in [1.54, 1.807) is 12.1 Å². The molecule has 0 saturated heterocycles. The van der Waals surface area contributed by atoms with Crippen LogP contribution in [0.4, 0.5) is 0 Å². The summed E-state index contributed by atoms with van der Waals surface area (Å²) >= 11 is 0. The minimum absolute atomic E-state index is 0.00219. The standard InChI is InChI=1S/C17H14O6/c1-21-13-6-5-10(16(20)17(13)22-2)12-8-23-14-7-9(18)3-4-11(14)15(12)19/h3-8,18,20H,1-2H3. The van der Waals surface area contributed by atoms with Crippen molar-refractivity contribution in [1.82, 2.24) is 0 Å². The van der Waals surface area contributed by atoms with E-state index in [-0.39, 0.29) is 39.4 Å². The number of benzene rings is 2. The van der Waals surface area contributed by atoms with Gasteiger partial charge in [0.05, 0.1) is 25.2 Å². The average molecular weight is 314 g/mol. The molecule has 0 atom stereocenters. The van der Waals surface area contributed by atoms with E-state index in [1.807, 2.05) is 0 Å². The first-order valence-corrected chi connectivity index (χ1v) is 6.75. The SMILES string of the molecule is COc1ccc(-c2coc3cc(O)ccc3c2=O)c(O)c1OC. The van der Waals surface area contributed by atoms with Crippen LogP contribution in [0.15, 0.2) is 45.8 Å². The molecule has 2 N–H and O–H groups in total. The highest BCUT2D eigenvalue weighted by molar-refractivity contribution is 5.85. The fourth-order valence-corrected chi connectivity index (χ4v) is 2.43. The second kappa shape index (κ2) is 5.57. The predicted octanol–water partition coefficient (Wildman–Crippen LogP) is 2.89. The molecule has 6 nitrogen and oxygen atoms in total. The number of hydrogen-bond donors (Lipinski definition) is 2. The lowest BCUT2D eigenvalue weighted by atomic mass is 10.0. The number of phenols is 2. The molecule has 0 unspecified atom stereocenters. The Labute approximate surface area is 131 Å². The third-order valence-corrected chi connectivity index (χ3v) is 3.57. The van der Waals surface area contributed by atoms with E-state index < -0.39 is 0 Å². The maximum absolute atomic E-state index is 12.6. The Balaban J connectivity index is 2.27. The molecule has 23 heavy (non-hydrogen) atoms. The molecule has 0 spiro atoms. The molecule has 0 aliphatic rings. The van der Waals surface area contributed by atoms with Gasteiger partial charge in [-0.3, -0.25) is 4.79 Å². The molecule has 1 heterocycles. The van der Waals surface area contributed by atoms with E-state index >= 15 is 0 Å². The van der Waals surface area contributed by atoms with Crippen molar-refractivity contribution in [2.24, 2.45) is 0 Å². The highest BCUT2D eigenvalue weighted by Crippen LogP contribution is 2.42. The van der Waals surface area contributed by atoms with E-state index in [9.17, 15) is 15.0 Å². The molecular formula is C17H14O6. The third-order valence-electron chi connectivity index (χ3n) is 3.57. The highest BCUT2D eigenvalue weighted by Gasteiger charge is 2.18. The van der Waals surface area contributed by atoms with Gasteiger partial charge < -0.3 is 24.1 Å². The number of hydrogen-bond acceptors (Lipinski definition) is 6. The van der Waals surface area contributed by atoms with Crippen LogP contribution < -0.4 is 14.9 Å². The summed E-state index contributed by atoms with van der Waals surface area (Å²) in [7, 11) is 2.85. The van der Waals surface area contributed by atoms with Gasteiger partial charge in [-0.15, -0.1) is 0 Å². The lowest BCUT2D eigenvalue weighted by Crippen LogP contribution is -2.05. The number of aromatic hydroxyl groups is 2. The Morgan fingerprint density at radius 3 is 2.48 bits per heavy atom. The second-order valence-corrected chi connectivity index (χ2v) is 4.86. The average Bonchev–Trinajstić information content (AvgIpc) is 2.55. The quantitative estimate of drug-likeness (QED) is 0.772. The summed E-state index contributed by atoms with van der Waals surface area (Å²) in [6.45, 7) is 0. The van der Waals surface area contributed by atoms with Crippen LogP contribution in [-0.2, 0) is 0 Å². The van der Waals surface area contributed by atoms with Crippen molar-refractivity contribution in [3.8, 4) is 34.1 Å². The number of fused-ring (bicyclic) bond motifs is 1. The Kier molecular flexibility index (Phi) is 3.57. The van der Waals surface area contributed by atoms with Crippen molar-refractivity contribution in [3.05, 3.63) is 46.8 Å². The van der Waals surface area contributed by atoms with Gasteiger partial charge >= 0.3 is 0 Å². The van der Waals surface area contributed by atoms with Gasteiger partial charge in [0.1, 0.15) is 17.6 Å². The van der Waals surface area contributed by atoms with Crippen LogP contribution >= 0.6 is 0 Å². The van der Waals surface area contributed by atoms with Crippen LogP contribution in [-0.4, -0.2) is 24.4 Å². The van der Waals surface area contributed by atoms with Gasteiger partial charge in [-0.1, -0.05) is 0 Å². The Morgan fingerprint density at radius 1 is 1.00 bits per heavy atom. The fourth-order valence-electron chi connectivity index (χ4n) is 2.43. The van der Waals surface area contributed by atoms with Crippen molar-refractivity contribution < 1.29 is 24.1 Å². The first-order valence-electron chi connectivity index (χ1n) is 6.75. The Hall–Kier alpha value is -3.15. The lowest BCUT2D eigenvalue weighted by Gasteiger charge is -2.12. The van der Waals surface area contributed by atoms with Crippen molar-refractivity contribution in [2.45, 2.75) is 0 Å². The zero-order valence-corrected chi connectivity index (χ0v) is 12.5. The first-order chi connectivity index (χ1) is 11.1. The molecule has 0 fully saturated rings. The van der Waals surface area contributed by atoms with Gasteiger partial charge in [-0.25, -0.2) is 0 Å². The fraction of sp³-hybridized carbons (Fsp3) is 0.118.